The second-order valence-corrected chi connectivity index (χ2v) is 5.07. The fourth-order valence-corrected chi connectivity index (χ4v) is 2.16. The molecule has 23 heavy (non-hydrogen) atoms. The van der Waals surface area contributed by atoms with Gasteiger partial charge in [0.15, 0.2) is 17.3 Å². The maximum absolute atomic E-state index is 11.9. The number of benzene rings is 2. The number of carbonyl (C=O) groups excluding carboxylic acids is 2. The fraction of sp³-hybridized carbons (Fsp3) is 0.111. The third-order valence-corrected chi connectivity index (χ3v) is 3.38. The van der Waals surface area contributed by atoms with Crippen LogP contribution >= 0.6 is 0 Å². The standard InChI is InChI=1S/C18H15NO4/c1-12(20)14-4-6-15(7-5-14)19-18(21)9-3-13-2-8-16-17(10-13)23-11-22-16/h2-10H,11H2,1H3,(H,19,21). The molecule has 0 saturated carbocycles. The number of ether oxygens (including phenoxy) is 2. The lowest BCUT2D eigenvalue weighted by atomic mass is 10.1. The average molecular weight is 309 g/mol. The number of anilines is 1. The Balaban J connectivity index is 1.63. The van der Waals surface area contributed by atoms with Crippen molar-refractivity contribution in [2.45, 2.75) is 6.92 Å². The lowest BCUT2D eigenvalue weighted by Gasteiger charge is -2.03. The van der Waals surface area contributed by atoms with Crippen molar-refractivity contribution in [3.63, 3.8) is 0 Å². The molecule has 1 heterocycles. The third kappa shape index (κ3) is 3.58. The summed E-state index contributed by atoms with van der Waals surface area (Å²) in [6, 6.07) is 12.2. The predicted molar refractivity (Wildman–Crippen MR) is 86.7 cm³/mol. The van der Waals surface area contributed by atoms with E-state index in [1.54, 1.807) is 36.4 Å². The molecule has 116 valence electrons. The first-order valence-corrected chi connectivity index (χ1v) is 7.11. The van der Waals surface area contributed by atoms with E-state index < -0.39 is 0 Å². The molecular weight excluding hydrogens is 294 g/mol. The van der Waals surface area contributed by atoms with Gasteiger partial charge in [-0.25, -0.2) is 0 Å². The number of fused-ring (bicyclic) bond motifs is 1. The van der Waals surface area contributed by atoms with E-state index in [9.17, 15) is 9.59 Å². The van der Waals surface area contributed by atoms with Crippen LogP contribution < -0.4 is 14.8 Å². The SMILES string of the molecule is CC(=O)c1ccc(NC(=O)C=Cc2ccc3c(c2)OCO3)cc1. The monoisotopic (exact) mass is 309 g/mol. The van der Waals surface area contributed by atoms with Crippen LogP contribution in [-0.4, -0.2) is 18.5 Å². The van der Waals surface area contributed by atoms with Crippen LogP contribution in [0.15, 0.2) is 48.5 Å². The Morgan fingerprint density at radius 1 is 1.04 bits per heavy atom. The highest BCUT2D eigenvalue weighted by atomic mass is 16.7. The van der Waals surface area contributed by atoms with Crippen molar-refractivity contribution < 1.29 is 19.1 Å². The summed E-state index contributed by atoms with van der Waals surface area (Å²) < 4.78 is 10.5. The molecule has 2 aromatic carbocycles. The Labute approximate surface area is 133 Å². The lowest BCUT2D eigenvalue weighted by Crippen LogP contribution is -2.07. The van der Waals surface area contributed by atoms with Gasteiger partial charge in [-0.2, -0.15) is 0 Å². The summed E-state index contributed by atoms with van der Waals surface area (Å²) in [6.45, 7) is 1.72. The molecule has 1 aliphatic heterocycles. The summed E-state index contributed by atoms with van der Waals surface area (Å²) in [6.07, 6.45) is 3.14. The lowest BCUT2D eigenvalue weighted by molar-refractivity contribution is -0.111. The van der Waals surface area contributed by atoms with Crippen molar-refractivity contribution >= 4 is 23.5 Å². The zero-order valence-corrected chi connectivity index (χ0v) is 12.5. The molecular formula is C18H15NO4. The summed E-state index contributed by atoms with van der Waals surface area (Å²) in [5.41, 5.74) is 2.09. The third-order valence-electron chi connectivity index (χ3n) is 3.38. The molecule has 2 aromatic rings. The van der Waals surface area contributed by atoms with Gasteiger partial charge in [0.1, 0.15) is 0 Å². The van der Waals surface area contributed by atoms with Crippen molar-refractivity contribution in [1.82, 2.24) is 0 Å². The topological polar surface area (TPSA) is 64.6 Å². The van der Waals surface area contributed by atoms with Crippen LogP contribution in [0.2, 0.25) is 0 Å². The van der Waals surface area contributed by atoms with Gasteiger partial charge >= 0.3 is 0 Å². The molecule has 0 saturated heterocycles. The van der Waals surface area contributed by atoms with Gasteiger partial charge in [0.2, 0.25) is 12.7 Å². The zero-order valence-electron chi connectivity index (χ0n) is 12.5. The van der Waals surface area contributed by atoms with E-state index in [2.05, 4.69) is 5.32 Å². The predicted octanol–water partition coefficient (Wildman–Crippen LogP) is 3.27. The molecule has 1 N–H and O–H groups in total. The zero-order chi connectivity index (χ0) is 16.2. The highest BCUT2D eigenvalue weighted by molar-refractivity contribution is 6.02. The maximum Gasteiger partial charge on any atom is 0.248 e. The van der Waals surface area contributed by atoms with Gasteiger partial charge in [0, 0.05) is 17.3 Å². The van der Waals surface area contributed by atoms with Crippen LogP contribution in [0.5, 0.6) is 11.5 Å². The van der Waals surface area contributed by atoms with E-state index >= 15 is 0 Å². The Morgan fingerprint density at radius 3 is 2.52 bits per heavy atom. The molecule has 0 atom stereocenters. The first-order valence-electron chi connectivity index (χ1n) is 7.11. The molecule has 0 aliphatic carbocycles. The Hall–Kier alpha value is -3.08. The highest BCUT2D eigenvalue weighted by Crippen LogP contribution is 2.32. The Bertz CT molecular complexity index is 778. The van der Waals surface area contributed by atoms with Crippen LogP contribution in [0, 0.1) is 0 Å². The minimum absolute atomic E-state index is 0.00872. The number of carbonyl (C=O) groups is 2. The molecule has 5 nitrogen and oxygen atoms in total. The molecule has 0 radical (unpaired) electrons. The van der Waals surface area contributed by atoms with Crippen molar-refractivity contribution in [2.75, 3.05) is 12.1 Å². The van der Waals surface area contributed by atoms with Crippen LogP contribution in [-0.2, 0) is 4.79 Å². The number of amides is 1. The largest absolute Gasteiger partial charge is 0.454 e. The molecule has 0 spiro atoms. The van der Waals surface area contributed by atoms with E-state index in [0.717, 1.165) is 5.56 Å². The van der Waals surface area contributed by atoms with E-state index in [0.29, 0.717) is 22.7 Å². The number of nitrogens with one attached hydrogen (secondary N) is 1. The van der Waals surface area contributed by atoms with Crippen molar-refractivity contribution in [3.05, 3.63) is 59.7 Å². The van der Waals surface area contributed by atoms with Gasteiger partial charge in [0.25, 0.3) is 0 Å². The molecule has 0 aromatic heterocycles. The van der Waals surface area contributed by atoms with Crippen LogP contribution in [0.1, 0.15) is 22.8 Å². The van der Waals surface area contributed by atoms with E-state index in [1.165, 1.54) is 13.0 Å². The molecule has 1 amide bonds. The number of rotatable bonds is 4. The summed E-state index contributed by atoms with van der Waals surface area (Å²) in [4.78, 5) is 23.1. The summed E-state index contributed by atoms with van der Waals surface area (Å²) in [5.74, 6) is 1.12. The van der Waals surface area contributed by atoms with Crippen molar-refractivity contribution in [3.8, 4) is 11.5 Å². The minimum atomic E-state index is -0.252. The number of hydrogen-bond acceptors (Lipinski definition) is 4. The Morgan fingerprint density at radius 2 is 1.78 bits per heavy atom. The van der Waals surface area contributed by atoms with Gasteiger partial charge in [-0.1, -0.05) is 6.07 Å². The molecule has 1 aliphatic rings. The smallest absolute Gasteiger partial charge is 0.248 e. The minimum Gasteiger partial charge on any atom is -0.454 e. The van der Waals surface area contributed by atoms with Gasteiger partial charge in [-0.05, 0) is 55.0 Å². The molecule has 0 fully saturated rings. The van der Waals surface area contributed by atoms with Crippen LogP contribution in [0.3, 0.4) is 0 Å². The van der Waals surface area contributed by atoms with E-state index in [1.807, 2.05) is 12.1 Å². The van der Waals surface area contributed by atoms with Crippen LogP contribution in [0.25, 0.3) is 6.08 Å². The normalized spacial score (nSPS) is 12.4. The van der Waals surface area contributed by atoms with E-state index in [-0.39, 0.29) is 18.5 Å². The molecule has 0 bridgehead atoms. The first kappa shape index (κ1) is 14.8. The first-order chi connectivity index (χ1) is 11.1. The summed E-state index contributed by atoms with van der Waals surface area (Å²) in [7, 11) is 0. The average Bonchev–Trinajstić information content (AvgIpc) is 3.01. The highest BCUT2D eigenvalue weighted by Gasteiger charge is 2.12. The van der Waals surface area contributed by atoms with Gasteiger partial charge in [0.05, 0.1) is 0 Å². The van der Waals surface area contributed by atoms with Gasteiger partial charge in [-0.3, -0.25) is 9.59 Å². The van der Waals surface area contributed by atoms with Gasteiger partial charge < -0.3 is 14.8 Å². The Kier molecular flexibility index (Phi) is 4.10. The molecule has 0 unspecified atom stereocenters. The number of Topliss-reactive ketones (excluding diaryl/α,β-unsaturated/α-hetero) is 1. The summed E-state index contributed by atoms with van der Waals surface area (Å²) >= 11 is 0. The molecule has 5 heteroatoms. The van der Waals surface area contributed by atoms with Crippen molar-refractivity contribution in [2.24, 2.45) is 0 Å². The number of hydrogen-bond donors (Lipinski definition) is 1. The second kappa shape index (κ2) is 6.36. The van der Waals surface area contributed by atoms with Crippen LogP contribution in [0.4, 0.5) is 5.69 Å². The molecule has 3 rings (SSSR count). The van der Waals surface area contributed by atoms with Gasteiger partial charge in [-0.15, -0.1) is 0 Å². The quantitative estimate of drug-likeness (QED) is 0.695. The van der Waals surface area contributed by atoms with Crippen molar-refractivity contribution in [1.29, 1.82) is 0 Å². The fourth-order valence-electron chi connectivity index (χ4n) is 2.16. The number of ketones is 1. The summed E-state index contributed by atoms with van der Waals surface area (Å²) in [5, 5.41) is 2.74. The van der Waals surface area contributed by atoms with E-state index in [4.69, 9.17) is 9.47 Å². The second-order valence-electron chi connectivity index (χ2n) is 5.07. The maximum atomic E-state index is 11.9.